The molecule has 126 valence electrons. The topological polar surface area (TPSA) is 66.6 Å². The van der Waals surface area contributed by atoms with Gasteiger partial charge in [-0.25, -0.2) is 4.39 Å². The van der Waals surface area contributed by atoms with Crippen LogP contribution in [-0.2, 0) is 0 Å². The van der Waals surface area contributed by atoms with Crippen LogP contribution in [-0.4, -0.2) is 11.3 Å². The molecule has 0 aliphatic heterocycles. The highest BCUT2D eigenvalue weighted by Crippen LogP contribution is 2.16. The van der Waals surface area contributed by atoms with Gasteiger partial charge < -0.3 is 9.73 Å². The van der Waals surface area contributed by atoms with Crippen LogP contribution in [0.2, 0.25) is 5.02 Å². The highest BCUT2D eigenvalue weighted by Gasteiger charge is 2.06. The van der Waals surface area contributed by atoms with E-state index >= 15 is 0 Å². The second kappa shape index (κ2) is 7.42. The Morgan fingerprint density at radius 1 is 1.24 bits per heavy atom. The van der Waals surface area contributed by atoms with Crippen LogP contribution >= 0.6 is 23.8 Å². The van der Waals surface area contributed by atoms with Gasteiger partial charge in [-0.1, -0.05) is 11.6 Å². The monoisotopic (exact) mass is 375 g/mol. The van der Waals surface area contributed by atoms with Crippen molar-refractivity contribution in [1.82, 2.24) is 5.43 Å². The standard InChI is InChI=1S/C17H11ClFN3O2S/c18-11-1-6-15-14(7-11)16(23)10(9-24-15)8-20-22-17(25)21-13-4-2-12(19)3-5-13/h1-9H,(H2,21,22,25). The Kier molecular flexibility index (Phi) is 5.06. The Bertz CT molecular complexity index is 1020. The zero-order chi connectivity index (χ0) is 17.8. The molecule has 3 aromatic rings. The fourth-order valence-electron chi connectivity index (χ4n) is 2.06. The number of thiocarbonyl (C=S) groups is 1. The molecule has 0 radical (unpaired) electrons. The van der Waals surface area contributed by atoms with E-state index in [1.165, 1.54) is 42.8 Å². The molecule has 0 aliphatic carbocycles. The van der Waals surface area contributed by atoms with E-state index in [-0.39, 0.29) is 21.9 Å². The summed E-state index contributed by atoms with van der Waals surface area (Å²) in [6, 6.07) is 10.5. The van der Waals surface area contributed by atoms with Crippen molar-refractivity contribution in [3.05, 3.63) is 75.4 Å². The van der Waals surface area contributed by atoms with Gasteiger partial charge in [0.15, 0.2) is 5.11 Å². The first-order valence-electron chi connectivity index (χ1n) is 7.09. The molecule has 0 amide bonds. The summed E-state index contributed by atoms with van der Waals surface area (Å²) in [6.07, 6.45) is 2.60. The first-order valence-corrected chi connectivity index (χ1v) is 7.88. The summed E-state index contributed by atoms with van der Waals surface area (Å²) in [4.78, 5) is 12.4. The van der Waals surface area contributed by atoms with Gasteiger partial charge in [0.2, 0.25) is 5.43 Å². The van der Waals surface area contributed by atoms with Crippen LogP contribution in [0, 0.1) is 5.82 Å². The molecule has 25 heavy (non-hydrogen) atoms. The molecule has 0 aliphatic rings. The van der Waals surface area contributed by atoms with Crippen molar-refractivity contribution in [2.75, 3.05) is 5.32 Å². The zero-order valence-corrected chi connectivity index (χ0v) is 14.2. The molecule has 0 spiro atoms. The highest BCUT2D eigenvalue weighted by atomic mass is 35.5. The number of rotatable bonds is 3. The highest BCUT2D eigenvalue weighted by molar-refractivity contribution is 7.80. The number of hydrogen-bond donors (Lipinski definition) is 2. The lowest BCUT2D eigenvalue weighted by Gasteiger charge is -2.06. The van der Waals surface area contributed by atoms with Crippen LogP contribution in [0.5, 0.6) is 0 Å². The Hall–Kier alpha value is -2.77. The van der Waals surface area contributed by atoms with Crippen molar-refractivity contribution in [3.8, 4) is 0 Å². The van der Waals surface area contributed by atoms with Gasteiger partial charge in [0, 0.05) is 10.7 Å². The third-order valence-corrected chi connectivity index (χ3v) is 3.66. The fraction of sp³-hybridized carbons (Fsp3) is 0. The van der Waals surface area contributed by atoms with Gasteiger partial charge in [-0.2, -0.15) is 5.10 Å². The molecule has 0 bridgehead atoms. The summed E-state index contributed by atoms with van der Waals surface area (Å²) in [5.74, 6) is -0.342. The van der Waals surface area contributed by atoms with Crippen LogP contribution in [0.25, 0.3) is 11.0 Å². The number of fused-ring (bicyclic) bond motifs is 1. The Labute approximate surface area is 152 Å². The minimum atomic E-state index is -0.342. The maximum atomic E-state index is 12.8. The number of benzene rings is 2. The van der Waals surface area contributed by atoms with E-state index in [1.54, 1.807) is 12.1 Å². The average Bonchev–Trinajstić information content (AvgIpc) is 2.59. The first kappa shape index (κ1) is 17.1. The van der Waals surface area contributed by atoms with Gasteiger partial charge in [-0.05, 0) is 54.7 Å². The third kappa shape index (κ3) is 4.20. The molecule has 5 nitrogen and oxygen atoms in total. The second-order valence-electron chi connectivity index (χ2n) is 4.99. The molecule has 1 heterocycles. The average molecular weight is 376 g/mol. The minimum Gasteiger partial charge on any atom is -0.463 e. The van der Waals surface area contributed by atoms with Crippen LogP contribution in [0.15, 0.2) is 63.0 Å². The lowest BCUT2D eigenvalue weighted by atomic mass is 10.2. The summed E-state index contributed by atoms with van der Waals surface area (Å²) in [6.45, 7) is 0. The summed E-state index contributed by atoms with van der Waals surface area (Å²) in [5, 5.41) is 7.72. The molecular formula is C17H11ClFN3O2S. The molecular weight excluding hydrogens is 365 g/mol. The van der Waals surface area contributed by atoms with E-state index in [0.717, 1.165) is 0 Å². The Morgan fingerprint density at radius 2 is 2.00 bits per heavy atom. The summed E-state index contributed by atoms with van der Waals surface area (Å²) >= 11 is 11.0. The number of halogens is 2. The molecule has 0 saturated carbocycles. The van der Waals surface area contributed by atoms with E-state index in [4.69, 9.17) is 28.2 Å². The maximum absolute atomic E-state index is 12.8. The SMILES string of the molecule is O=c1c(C=NNC(=S)Nc2ccc(F)cc2)coc2ccc(Cl)cc12. The number of nitrogens with one attached hydrogen (secondary N) is 2. The maximum Gasteiger partial charge on any atom is 0.201 e. The van der Waals surface area contributed by atoms with Crippen LogP contribution in [0.3, 0.4) is 0 Å². The molecule has 1 aromatic heterocycles. The van der Waals surface area contributed by atoms with Gasteiger partial charge in [-0.15, -0.1) is 0 Å². The van der Waals surface area contributed by atoms with Gasteiger partial charge >= 0.3 is 0 Å². The van der Waals surface area contributed by atoms with Gasteiger partial charge in [-0.3, -0.25) is 10.2 Å². The predicted molar refractivity (Wildman–Crippen MR) is 101 cm³/mol. The number of anilines is 1. The Morgan fingerprint density at radius 3 is 2.76 bits per heavy atom. The Balaban J connectivity index is 1.70. The van der Waals surface area contributed by atoms with E-state index in [9.17, 15) is 9.18 Å². The third-order valence-electron chi connectivity index (χ3n) is 3.23. The van der Waals surface area contributed by atoms with E-state index < -0.39 is 0 Å². The predicted octanol–water partition coefficient (Wildman–Crippen LogP) is 3.91. The van der Waals surface area contributed by atoms with Crippen molar-refractivity contribution in [2.24, 2.45) is 5.10 Å². The van der Waals surface area contributed by atoms with Gasteiger partial charge in [0.1, 0.15) is 17.7 Å². The fourth-order valence-corrected chi connectivity index (χ4v) is 2.40. The minimum absolute atomic E-state index is 0.191. The second-order valence-corrected chi connectivity index (χ2v) is 5.84. The van der Waals surface area contributed by atoms with Gasteiger partial charge in [0.25, 0.3) is 0 Å². The summed E-state index contributed by atoms with van der Waals surface area (Å²) < 4.78 is 18.2. The van der Waals surface area contributed by atoms with Crippen molar-refractivity contribution in [2.45, 2.75) is 0 Å². The lowest BCUT2D eigenvalue weighted by molar-refractivity contribution is 0.601. The molecule has 2 aromatic carbocycles. The van der Waals surface area contributed by atoms with Crippen molar-refractivity contribution in [3.63, 3.8) is 0 Å². The van der Waals surface area contributed by atoms with E-state index in [2.05, 4.69) is 15.8 Å². The quantitative estimate of drug-likeness (QED) is 0.413. The molecule has 0 saturated heterocycles. The van der Waals surface area contributed by atoms with Crippen molar-refractivity contribution < 1.29 is 8.81 Å². The lowest BCUT2D eigenvalue weighted by Crippen LogP contribution is -2.24. The molecule has 2 N–H and O–H groups in total. The van der Waals surface area contributed by atoms with Crippen molar-refractivity contribution in [1.29, 1.82) is 0 Å². The first-order chi connectivity index (χ1) is 12.0. The molecule has 0 unspecified atom stereocenters. The van der Waals surface area contributed by atoms with Gasteiger partial charge in [0.05, 0.1) is 17.2 Å². The smallest absolute Gasteiger partial charge is 0.201 e. The summed E-state index contributed by atoms with van der Waals surface area (Å²) in [7, 11) is 0. The molecule has 8 heteroatoms. The largest absolute Gasteiger partial charge is 0.463 e. The number of hydrogen-bond acceptors (Lipinski definition) is 4. The van der Waals surface area contributed by atoms with E-state index in [1.807, 2.05) is 0 Å². The normalized spacial score (nSPS) is 11.0. The van der Waals surface area contributed by atoms with E-state index in [0.29, 0.717) is 21.7 Å². The van der Waals surface area contributed by atoms with Crippen LogP contribution in [0.4, 0.5) is 10.1 Å². The van der Waals surface area contributed by atoms with Crippen LogP contribution < -0.4 is 16.2 Å². The number of hydrazone groups is 1. The number of nitrogens with zero attached hydrogens (tertiary/aromatic N) is 1. The molecule has 3 rings (SSSR count). The van der Waals surface area contributed by atoms with Crippen LogP contribution in [0.1, 0.15) is 5.56 Å². The molecule has 0 atom stereocenters. The van der Waals surface area contributed by atoms with Crippen molar-refractivity contribution >= 4 is 51.8 Å². The molecule has 0 fully saturated rings. The zero-order valence-electron chi connectivity index (χ0n) is 12.6. The summed E-state index contributed by atoms with van der Waals surface area (Å²) in [5.41, 5.74) is 3.60.